The van der Waals surface area contributed by atoms with Crippen molar-refractivity contribution in [2.45, 2.75) is 13.8 Å². The molecule has 0 amide bonds. The Balaban J connectivity index is 2.92. The first-order valence-corrected chi connectivity index (χ1v) is 4.11. The van der Waals surface area contributed by atoms with E-state index in [4.69, 9.17) is 0 Å². The Kier molecular flexibility index (Phi) is 1.65. The molecule has 0 aliphatic heterocycles. The lowest BCUT2D eigenvalue weighted by Gasteiger charge is -2.03. The summed E-state index contributed by atoms with van der Waals surface area (Å²) in [7, 11) is 0. The van der Waals surface area contributed by atoms with Gasteiger partial charge >= 0.3 is 0 Å². The van der Waals surface area contributed by atoms with Gasteiger partial charge in [-0.1, -0.05) is 0 Å². The molecule has 2 aromatic rings. The Morgan fingerprint density at radius 1 is 1.00 bits per heavy atom. The molecule has 3 heteroatoms. The molecule has 1 aromatic heterocycles. The fourth-order valence-electron chi connectivity index (χ4n) is 1.40. The summed E-state index contributed by atoms with van der Waals surface area (Å²) in [4.78, 5) is 0. The molecular formula is C10H10N2O. The van der Waals surface area contributed by atoms with E-state index in [2.05, 4.69) is 10.2 Å². The number of aromatic hydroxyl groups is 1. The SMILES string of the molecule is Cc1nnc(C)c2cc(O)ccc12. The molecule has 0 spiro atoms. The minimum atomic E-state index is 0.267. The van der Waals surface area contributed by atoms with E-state index in [9.17, 15) is 5.11 Å². The van der Waals surface area contributed by atoms with Gasteiger partial charge in [-0.3, -0.25) is 0 Å². The molecule has 2 rings (SSSR count). The first-order chi connectivity index (χ1) is 6.18. The molecule has 66 valence electrons. The fraction of sp³-hybridized carbons (Fsp3) is 0.200. The van der Waals surface area contributed by atoms with Gasteiger partial charge in [-0.15, -0.1) is 0 Å². The Hall–Kier alpha value is -1.64. The number of aromatic nitrogens is 2. The van der Waals surface area contributed by atoms with Crippen LogP contribution in [0.4, 0.5) is 0 Å². The quantitative estimate of drug-likeness (QED) is 0.664. The molecule has 0 saturated carbocycles. The molecule has 3 nitrogen and oxygen atoms in total. The molecule has 0 aliphatic carbocycles. The largest absolute Gasteiger partial charge is 0.508 e. The van der Waals surface area contributed by atoms with Crippen LogP contribution in [0.2, 0.25) is 0 Å². The van der Waals surface area contributed by atoms with Crippen LogP contribution >= 0.6 is 0 Å². The summed E-state index contributed by atoms with van der Waals surface area (Å²) < 4.78 is 0. The summed E-state index contributed by atoms with van der Waals surface area (Å²) in [6.45, 7) is 3.79. The molecule has 0 aliphatic rings. The van der Waals surface area contributed by atoms with Crippen molar-refractivity contribution in [3.63, 3.8) is 0 Å². The van der Waals surface area contributed by atoms with Crippen LogP contribution in [0.3, 0.4) is 0 Å². The lowest BCUT2D eigenvalue weighted by Crippen LogP contribution is -1.92. The fourth-order valence-corrected chi connectivity index (χ4v) is 1.40. The van der Waals surface area contributed by atoms with Gasteiger partial charge in [0, 0.05) is 10.8 Å². The van der Waals surface area contributed by atoms with E-state index < -0.39 is 0 Å². The van der Waals surface area contributed by atoms with Crippen LogP contribution in [0, 0.1) is 13.8 Å². The van der Waals surface area contributed by atoms with E-state index in [1.165, 1.54) is 0 Å². The predicted molar refractivity (Wildman–Crippen MR) is 50.7 cm³/mol. The Bertz CT molecular complexity index is 466. The van der Waals surface area contributed by atoms with Crippen LogP contribution < -0.4 is 0 Å². The second-order valence-electron chi connectivity index (χ2n) is 3.10. The second kappa shape index (κ2) is 2.69. The maximum Gasteiger partial charge on any atom is 0.116 e. The predicted octanol–water partition coefficient (Wildman–Crippen LogP) is 1.95. The molecular weight excluding hydrogens is 164 g/mol. The van der Waals surface area contributed by atoms with Gasteiger partial charge in [0.25, 0.3) is 0 Å². The minimum absolute atomic E-state index is 0.267. The molecule has 0 bridgehead atoms. The van der Waals surface area contributed by atoms with Crippen LogP contribution in [0.25, 0.3) is 10.8 Å². The number of fused-ring (bicyclic) bond motifs is 1. The van der Waals surface area contributed by atoms with Gasteiger partial charge in [0.2, 0.25) is 0 Å². The molecule has 0 radical (unpaired) electrons. The summed E-state index contributed by atoms with van der Waals surface area (Å²) in [6.07, 6.45) is 0. The third-order valence-corrected chi connectivity index (χ3v) is 2.13. The standard InChI is InChI=1S/C10H10N2O/c1-6-9-4-3-8(13)5-10(9)7(2)12-11-6/h3-5,13H,1-2H3. The number of phenols is 1. The zero-order valence-electron chi connectivity index (χ0n) is 7.57. The first-order valence-electron chi connectivity index (χ1n) is 4.11. The van der Waals surface area contributed by atoms with Crippen molar-refractivity contribution < 1.29 is 5.11 Å². The summed E-state index contributed by atoms with van der Waals surface area (Å²) in [6, 6.07) is 5.24. The third kappa shape index (κ3) is 1.22. The second-order valence-corrected chi connectivity index (χ2v) is 3.10. The Morgan fingerprint density at radius 2 is 1.62 bits per heavy atom. The Labute approximate surface area is 76.0 Å². The molecule has 0 unspecified atom stereocenters. The van der Waals surface area contributed by atoms with Crippen molar-refractivity contribution in [1.82, 2.24) is 10.2 Å². The zero-order valence-corrected chi connectivity index (χ0v) is 7.57. The molecule has 0 atom stereocenters. The lowest BCUT2D eigenvalue weighted by molar-refractivity contribution is 0.476. The summed E-state index contributed by atoms with van der Waals surface area (Å²) in [5.41, 5.74) is 1.73. The summed E-state index contributed by atoms with van der Waals surface area (Å²) in [5.74, 6) is 0.267. The van der Waals surface area contributed by atoms with E-state index in [0.717, 1.165) is 22.2 Å². The lowest BCUT2D eigenvalue weighted by atomic mass is 10.1. The van der Waals surface area contributed by atoms with Crippen molar-refractivity contribution in [2.75, 3.05) is 0 Å². The van der Waals surface area contributed by atoms with Crippen molar-refractivity contribution in [3.05, 3.63) is 29.6 Å². The number of aryl methyl sites for hydroxylation is 2. The first kappa shape index (κ1) is 7.98. The minimum Gasteiger partial charge on any atom is -0.508 e. The van der Waals surface area contributed by atoms with Gasteiger partial charge in [0.05, 0.1) is 11.4 Å². The average Bonchev–Trinajstić information content (AvgIpc) is 2.12. The highest BCUT2D eigenvalue weighted by molar-refractivity contribution is 5.87. The number of hydrogen-bond donors (Lipinski definition) is 1. The van der Waals surface area contributed by atoms with Crippen LogP contribution in [-0.4, -0.2) is 15.3 Å². The number of phenolic OH excluding ortho intramolecular Hbond substituents is 1. The molecule has 0 saturated heterocycles. The van der Waals surface area contributed by atoms with Gasteiger partial charge in [0.15, 0.2) is 0 Å². The highest BCUT2D eigenvalue weighted by Crippen LogP contribution is 2.22. The van der Waals surface area contributed by atoms with E-state index in [0.29, 0.717) is 0 Å². The molecule has 1 heterocycles. The highest BCUT2D eigenvalue weighted by atomic mass is 16.3. The van der Waals surface area contributed by atoms with Crippen LogP contribution in [0.1, 0.15) is 11.4 Å². The Morgan fingerprint density at radius 3 is 2.31 bits per heavy atom. The van der Waals surface area contributed by atoms with E-state index in [1.54, 1.807) is 12.1 Å². The average molecular weight is 174 g/mol. The number of hydrogen-bond acceptors (Lipinski definition) is 3. The number of benzene rings is 1. The van der Waals surface area contributed by atoms with Crippen molar-refractivity contribution in [3.8, 4) is 5.75 Å². The van der Waals surface area contributed by atoms with Crippen molar-refractivity contribution in [1.29, 1.82) is 0 Å². The smallest absolute Gasteiger partial charge is 0.116 e. The maximum atomic E-state index is 9.30. The zero-order chi connectivity index (χ0) is 9.42. The molecule has 1 N–H and O–H groups in total. The van der Waals surface area contributed by atoms with Gasteiger partial charge in [-0.05, 0) is 32.0 Å². The van der Waals surface area contributed by atoms with E-state index in [-0.39, 0.29) is 5.75 Å². The van der Waals surface area contributed by atoms with Crippen LogP contribution in [0.15, 0.2) is 18.2 Å². The van der Waals surface area contributed by atoms with Gasteiger partial charge in [-0.25, -0.2) is 0 Å². The monoisotopic (exact) mass is 174 g/mol. The molecule has 13 heavy (non-hydrogen) atoms. The van der Waals surface area contributed by atoms with Gasteiger partial charge < -0.3 is 5.11 Å². The topological polar surface area (TPSA) is 46.0 Å². The van der Waals surface area contributed by atoms with Gasteiger partial charge in [-0.2, -0.15) is 10.2 Å². The third-order valence-electron chi connectivity index (χ3n) is 2.13. The summed E-state index contributed by atoms with van der Waals surface area (Å²) >= 11 is 0. The number of rotatable bonds is 0. The molecule has 1 aromatic carbocycles. The maximum absolute atomic E-state index is 9.30. The molecule has 0 fully saturated rings. The van der Waals surface area contributed by atoms with Gasteiger partial charge in [0.1, 0.15) is 5.75 Å². The van der Waals surface area contributed by atoms with Crippen LogP contribution in [0.5, 0.6) is 5.75 Å². The van der Waals surface area contributed by atoms with Crippen molar-refractivity contribution in [2.24, 2.45) is 0 Å². The highest BCUT2D eigenvalue weighted by Gasteiger charge is 2.03. The number of nitrogens with zero attached hydrogens (tertiary/aromatic N) is 2. The van der Waals surface area contributed by atoms with E-state index in [1.807, 2.05) is 19.9 Å². The van der Waals surface area contributed by atoms with Crippen molar-refractivity contribution >= 4 is 10.8 Å². The summed E-state index contributed by atoms with van der Waals surface area (Å²) in [5, 5.41) is 19.3. The van der Waals surface area contributed by atoms with E-state index >= 15 is 0 Å². The normalized spacial score (nSPS) is 10.6. The van der Waals surface area contributed by atoms with Crippen LogP contribution in [-0.2, 0) is 0 Å².